The molecule has 4 rings (SSSR count). The number of hydrogen-bond donors (Lipinski definition) is 2. The fourth-order valence-corrected chi connectivity index (χ4v) is 3.84. The highest BCUT2D eigenvalue weighted by Crippen LogP contribution is 2.27. The van der Waals surface area contributed by atoms with E-state index in [2.05, 4.69) is 21.7 Å². The maximum absolute atomic E-state index is 12.3. The quantitative estimate of drug-likeness (QED) is 0.643. The van der Waals surface area contributed by atoms with E-state index in [-0.39, 0.29) is 5.91 Å². The summed E-state index contributed by atoms with van der Waals surface area (Å²) in [5, 5.41) is 12.4. The molecule has 7 heteroatoms. The van der Waals surface area contributed by atoms with Crippen molar-refractivity contribution in [3.63, 3.8) is 0 Å². The maximum atomic E-state index is 12.3. The van der Waals surface area contributed by atoms with Gasteiger partial charge in [-0.3, -0.25) is 4.79 Å². The van der Waals surface area contributed by atoms with Crippen molar-refractivity contribution in [3.05, 3.63) is 53.9 Å². The summed E-state index contributed by atoms with van der Waals surface area (Å²) in [6, 6.07) is 12.1. The Hall–Kier alpha value is -2.93. The highest BCUT2D eigenvalue weighted by molar-refractivity contribution is 5.79. The largest absolute Gasteiger partial charge is 0.378 e. The molecule has 1 atom stereocenters. The van der Waals surface area contributed by atoms with Gasteiger partial charge in [-0.1, -0.05) is 12.1 Å². The summed E-state index contributed by atoms with van der Waals surface area (Å²) in [5.74, 6) is 0.454. The van der Waals surface area contributed by atoms with Gasteiger partial charge in [0.2, 0.25) is 5.91 Å². The van der Waals surface area contributed by atoms with Crippen molar-refractivity contribution < 1.29 is 4.79 Å². The van der Waals surface area contributed by atoms with Crippen molar-refractivity contribution in [2.75, 3.05) is 38.6 Å². The Morgan fingerprint density at radius 2 is 2.10 bits per heavy atom. The van der Waals surface area contributed by atoms with Gasteiger partial charge >= 0.3 is 0 Å². The van der Waals surface area contributed by atoms with Gasteiger partial charge in [0.25, 0.3) is 0 Å². The van der Waals surface area contributed by atoms with Gasteiger partial charge in [-0.15, -0.1) is 0 Å². The first kappa shape index (κ1) is 19.4. The number of nitrogens with one attached hydrogen (secondary N) is 2. The summed E-state index contributed by atoms with van der Waals surface area (Å²) in [6.07, 6.45) is 3.28. The zero-order valence-corrected chi connectivity index (χ0v) is 17.1. The minimum Gasteiger partial charge on any atom is -0.378 e. The van der Waals surface area contributed by atoms with Crippen LogP contribution in [0.1, 0.15) is 23.6 Å². The number of anilines is 1. The number of carbonyl (C=O) groups excluding carboxylic acids is 1. The van der Waals surface area contributed by atoms with Gasteiger partial charge in [0, 0.05) is 50.4 Å². The molecule has 2 N–H and O–H groups in total. The van der Waals surface area contributed by atoms with Crippen LogP contribution in [0.2, 0.25) is 0 Å². The highest BCUT2D eigenvalue weighted by Gasteiger charge is 2.23. The lowest BCUT2D eigenvalue weighted by molar-refractivity contribution is -0.120. The molecule has 0 unspecified atom stereocenters. The van der Waals surface area contributed by atoms with E-state index in [1.165, 1.54) is 0 Å². The number of aromatic nitrogens is 3. The number of hydrogen-bond acceptors (Lipinski definition) is 5. The Balaban J connectivity index is 1.36. The van der Waals surface area contributed by atoms with Crippen molar-refractivity contribution in [1.29, 1.82) is 0 Å². The van der Waals surface area contributed by atoms with E-state index < -0.39 is 0 Å². The van der Waals surface area contributed by atoms with Gasteiger partial charge in [0.1, 0.15) is 0 Å². The molecule has 1 saturated heterocycles. The second kappa shape index (κ2) is 8.61. The number of pyridine rings is 1. The molecule has 1 amide bonds. The van der Waals surface area contributed by atoms with Gasteiger partial charge in [-0.05, 0) is 42.8 Å². The Kier molecular flexibility index (Phi) is 5.76. The molecule has 1 aliphatic rings. The van der Waals surface area contributed by atoms with E-state index in [0.29, 0.717) is 25.4 Å². The summed E-state index contributed by atoms with van der Waals surface area (Å²) in [5.41, 5.74) is 4.14. The molecule has 0 aliphatic carbocycles. The normalized spacial score (nSPS) is 16.3. The SMILES string of the molecule is CN(C)c1ccc(CC(=O)NCCn2nc([C@@H]3CCNC3)c3cccnc32)cc1. The van der Waals surface area contributed by atoms with Crippen LogP contribution in [-0.4, -0.2) is 54.4 Å². The van der Waals surface area contributed by atoms with Crippen LogP contribution in [0, 0.1) is 0 Å². The molecule has 0 bridgehead atoms. The molecule has 3 heterocycles. The number of nitrogens with zero attached hydrogens (tertiary/aromatic N) is 4. The molecule has 0 spiro atoms. The summed E-state index contributed by atoms with van der Waals surface area (Å²) >= 11 is 0. The summed E-state index contributed by atoms with van der Waals surface area (Å²) in [6.45, 7) is 3.14. The van der Waals surface area contributed by atoms with E-state index in [4.69, 9.17) is 5.10 Å². The molecule has 152 valence electrons. The third-order valence-corrected chi connectivity index (χ3v) is 5.45. The van der Waals surface area contributed by atoms with Crippen molar-refractivity contribution in [1.82, 2.24) is 25.4 Å². The van der Waals surface area contributed by atoms with E-state index in [0.717, 1.165) is 47.5 Å². The maximum Gasteiger partial charge on any atom is 0.224 e. The predicted molar refractivity (Wildman–Crippen MR) is 115 cm³/mol. The minimum atomic E-state index is 0.0206. The van der Waals surface area contributed by atoms with E-state index >= 15 is 0 Å². The zero-order valence-electron chi connectivity index (χ0n) is 17.1. The third-order valence-electron chi connectivity index (χ3n) is 5.45. The molecule has 1 fully saturated rings. The van der Waals surface area contributed by atoms with Crippen LogP contribution in [-0.2, 0) is 17.8 Å². The third kappa shape index (κ3) is 4.40. The first-order valence-electron chi connectivity index (χ1n) is 10.2. The van der Waals surface area contributed by atoms with Gasteiger partial charge in [0.05, 0.1) is 18.7 Å². The minimum absolute atomic E-state index is 0.0206. The summed E-state index contributed by atoms with van der Waals surface area (Å²) in [4.78, 5) is 18.9. The van der Waals surface area contributed by atoms with E-state index in [1.807, 2.05) is 54.0 Å². The van der Waals surface area contributed by atoms with E-state index in [9.17, 15) is 4.79 Å². The number of rotatable bonds is 7. The fourth-order valence-electron chi connectivity index (χ4n) is 3.84. The summed E-state index contributed by atoms with van der Waals surface area (Å²) < 4.78 is 1.93. The first-order valence-corrected chi connectivity index (χ1v) is 10.2. The average Bonchev–Trinajstić information content (AvgIpc) is 3.37. The monoisotopic (exact) mass is 392 g/mol. The fraction of sp³-hybridized carbons (Fsp3) is 0.409. The molecular formula is C22H28N6O. The van der Waals surface area contributed by atoms with Crippen LogP contribution >= 0.6 is 0 Å². The number of benzene rings is 1. The molecule has 0 saturated carbocycles. The van der Waals surface area contributed by atoms with Crippen LogP contribution in [0.4, 0.5) is 5.69 Å². The lowest BCUT2D eigenvalue weighted by Gasteiger charge is -2.12. The van der Waals surface area contributed by atoms with Crippen LogP contribution in [0.5, 0.6) is 0 Å². The topological polar surface area (TPSA) is 75.1 Å². The van der Waals surface area contributed by atoms with Gasteiger partial charge in [0.15, 0.2) is 5.65 Å². The van der Waals surface area contributed by atoms with Gasteiger partial charge in [-0.2, -0.15) is 5.10 Å². The van der Waals surface area contributed by atoms with Crippen molar-refractivity contribution in [2.45, 2.75) is 25.3 Å². The first-order chi connectivity index (χ1) is 14.1. The van der Waals surface area contributed by atoms with Gasteiger partial charge < -0.3 is 15.5 Å². The molecule has 0 radical (unpaired) electrons. The van der Waals surface area contributed by atoms with Crippen molar-refractivity contribution in [3.8, 4) is 0 Å². The second-order valence-electron chi connectivity index (χ2n) is 7.76. The number of amides is 1. The molecule has 7 nitrogen and oxygen atoms in total. The Morgan fingerprint density at radius 1 is 1.28 bits per heavy atom. The molecule has 1 aromatic carbocycles. The lowest BCUT2D eigenvalue weighted by Crippen LogP contribution is -2.29. The van der Waals surface area contributed by atoms with Gasteiger partial charge in [-0.25, -0.2) is 9.67 Å². The van der Waals surface area contributed by atoms with Crippen LogP contribution in [0.3, 0.4) is 0 Å². The second-order valence-corrected chi connectivity index (χ2v) is 7.76. The van der Waals surface area contributed by atoms with Crippen molar-refractivity contribution >= 4 is 22.6 Å². The van der Waals surface area contributed by atoms with Crippen LogP contribution in [0.15, 0.2) is 42.6 Å². The Morgan fingerprint density at radius 3 is 2.83 bits per heavy atom. The zero-order chi connectivity index (χ0) is 20.2. The molecule has 1 aliphatic heterocycles. The van der Waals surface area contributed by atoms with Crippen LogP contribution < -0.4 is 15.5 Å². The van der Waals surface area contributed by atoms with Crippen molar-refractivity contribution in [2.24, 2.45) is 0 Å². The highest BCUT2D eigenvalue weighted by atomic mass is 16.1. The number of carbonyl (C=O) groups is 1. The Bertz CT molecular complexity index is 973. The predicted octanol–water partition coefficient (Wildman–Crippen LogP) is 1.93. The van der Waals surface area contributed by atoms with E-state index in [1.54, 1.807) is 6.20 Å². The Labute approximate surface area is 171 Å². The standard InChI is InChI=1S/C22H28N6O/c1-27(2)18-7-5-16(6-8-18)14-20(29)24-12-13-28-22-19(4-3-10-25-22)21(26-28)17-9-11-23-15-17/h3-8,10,17,23H,9,11-15H2,1-2H3,(H,24,29)/t17-/m1/s1. The lowest BCUT2D eigenvalue weighted by atomic mass is 10.0. The smallest absolute Gasteiger partial charge is 0.224 e. The molecule has 3 aromatic rings. The molecule has 29 heavy (non-hydrogen) atoms. The molecular weight excluding hydrogens is 364 g/mol. The number of fused-ring (bicyclic) bond motifs is 1. The summed E-state index contributed by atoms with van der Waals surface area (Å²) in [7, 11) is 4.01. The average molecular weight is 393 g/mol. The van der Waals surface area contributed by atoms with Crippen LogP contribution in [0.25, 0.3) is 11.0 Å². The molecule has 2 aromatic heterocycles.